The smallest absolute Gasteiger partial charge is 0.102 e. The maximum absolute atomic E-state index is 6.42. The number of halogens is 1. The summed E-state index contributed by atoms with van der Waals surface area (Å²) >= 11 is 6.42. The number of anilines is 1. The summed E-state index contributed by atoms with van der Waals surface area (Å²) in [4.78, 5) is 2.32. The number of benzene rings is 1. The third-order valence-corrected chi connectivity index (χ3v) is 4.75. The molecule has 1 heterocycles. The van der Waals surface area contributed by atoms with Crippen LogP contribution in [0.3, 0.4) is 0 Å². The largest absolute Gasteiger partial charge is 0.377 e. The molecule has 0 aromatic heterocycles. The summed E-state index contributed by atoms with van der Waals surface area (Å²) in [6.07, 6.45) is 2.78. The van der Waals surface area contributed by atoms with E-state index in [1.165, 1.54) is 24.1 Å². The molecule has 4 nitrogen and oxygen atoms in total. The quantitative estimate of drug-likeness (QED) is 0.875. The van der Waals surface area contributed by atoms with Gasteiger partial charge in [-0.2, -0.15) is 0 Å². The first-order valence-electron chi connectivity index (χ1n) is 7.54. The summed E-state index contributed by atoms with van der Waals surface area (Å²) in [5.41, 5.74) is 2.37. The number of hydrogen-bond acceptors (Lipinski definition) is 4. The normalized spacial score (nSPS) is 25.6. The van der Waals surface area contributed by atoms with Crippen LogP contribution in [0.15, 0.2) is 18.2 Å². The zero-order valence-electron chi connectivity index (χ0n) is 12.6. The van der Waals surface area contributed by atoms with Crippen molar-refractivity contribution in [1.29, 1.82) is 0 Å². The molecule has 1 aromatic carbocycles. The average molecular weight is 311 g/mol. The molecule has 1 saturated carbocycles. The molecule has 3 rings (SSSR count). The van der Waals surface area contributed by atoms with Gasteiger partial charge in [0.15, 0.2) is 0 Å². The number of rotatable bonds is 6. The summed E-state index contributed by atoms with van der Waals surface area (Å²) in [7, 11) is 3.49. The zero-order chi connectivity index (χ0) is 14.8. The van der Waals surface area contributed by atoms with E-state index in [4.69, 9.17) is 21.1 Å². The molecule has 2 atom stereocenters. The second kappa shape index (κ2) is 6.53. The summed E-state index contributed by atoms with van der Waals surface area (Å²) in [5, 5.41) is 4.38. The van der Waals surface area contributed by atoms with Gasteiger partial charge >= 0.3 is 0 Å². The van der Waals surface area contributed by atoms with E-state index >= 15 is 0 Å². The van der Waals surface area contributed by atoms with Gasteiger partial charge in [-0.1, -0.05) is 17.7 Å². The van der Waals surface area contributed by atoms with E-state index in [0.29, 0.717) is 6.04 Å². The number of hydrogen-bond donors (Lipinski definition) is 1. The van der Waals surface area contributed by atoms with Gasteiger partial charge < -0.3 is 19.7 Å². The molecular formula is C16H23ClN2O2. The molecule has 21 heavy (non-hydrogen) atoms. The van der Waals surface area contributed by atoms with E-state index < -0.39 is 0 Å². The standard InChI is InChI=1S/C16H23ClN2O2/c1-20-15-9-19(10-16(15)21-2)14-5-3-4-13(17)12(14)8-18-11-6-7-11/h3-5,11,15-16,18H,6-10H2,1-2H3. The molecule has 2 fully saturated rings. The molecule has 1 saturated heterocycles. The van der Waals surface area contributed by atoms with E-state index in [1.807, 2.05) is 12.1 Å². The first kappa shape index (κ1) is 15.1. The van der Waals surface area contributed by atoms with Crippen LogP contribution in [0.1, 0.15) is 18.4 Å². The van der Waals surface area contributed by atoms with E-state index in [-0.39, 0.29) is 12.2 Å². The van der Waals surface area contributed by atoms with Crippen LogP contribution >= 0.6 is 11.6 Å². The van der Waals surface area contributed by atoms with Crippen molar-refractivity contribution in [3.05, 3.63) is 28.8 Å². The highest BCUT2D eigenvalue weighted by molar-refractivity contribution is 6.31. The van der Waals surface area contributed by atoms with E-state index in [0.717, 1.165) is 24.7 Å². The zero-order valence-corrected chi connectivity index (χ0v) is 13.4. The minimum Gasteiger partial charge on any atom is -0.377 e. The molecule has 0 bridgehead atoms. The number of nitrogens with zero attached hydrogens (tertiary/aromatic N) is 1. The molecule has 1 aromatic rings. The predicted octanol–water partition coefficient (Wildman–Crippen LogP) is 2.44. The fraction of sp³-hybridized carbons (Fsp3) is 0.625. The fourth-order valence-electron chi connectivity index (χ4n) is 2.95. The average Bonchev–Trinajstić information content (AvgIpc) is 3.23. The Morgan fingerprint density at radius 3 is 2.43 bits per heavy atom. The van der Waals surface area contributed by atoms with Gasteiger partial charge in [-0.3, -0.25) is 0 Å². The van der Waals surface area contributed by atoms with Gasteiger partial charge in [0.1, 0.15) is 12.2 Å². The van der Waals surface area contributed by atoms with Crippen molar-refractivity contribution < 1.29 is 9.47 Å². The molecule has 5 heteroatoms. The Labute approximate surface area is 131 Å². The van der Waals surface area contributed by atoms with Gasteiger partial charge in [-0.05, 0) is 25.0 Å². The van der Waals surface area contributed by atoms with Crippen LogP contribution in [0.2, 0.25) is 5.02 Å². The lowest BCUT2D eigenvalue weighted by Crippen LogP contribution is -2.27. The first-order chi connectivity index (χ1) is 10.2. The van der Waals surface area contributed by atoms with Gasteiger partial charge in [0.05, 0.1) is 0 Å². The molecule has 1 aliphatic carbocycles. The lowest BCUT2D eigenvalue weighted by molar-refractivity contribution is -0.00461. The fourth-order valence-corrected chi connectivity index (χ4v) is 3.18. The van der Waals surface area contributed by atoms with Crippen molar-refractivity contribution in [2.45, 2.75) is 37.6 Å². The predicted molar refractivity (Wildman–Crippen MR) is 85.1 cm³/mol. The summed E-state index contributed by atoms with van der Waals surface area (Å²) in [6.45, 7) is 2.50. The third-order valence-electron chi connectivity index (χ3n) is 4.40. The van der Waals surface area contributed by atoms with Crippen LogP contribution in [0.4, 0.5) is 5.69 Å². The van der Waals surface area contributed by atoms with Gasteiger partial charge in [0.2, 0.25) is 0 Å². The molecule has 0 radical (unpaired) electrons. The Kier molecular flexibility index (Phi) is 4.69. The molecule has 2 unspecified atom stereocenters. The second-order valence-electron chi connectivity index (χ2n) is 5.85. The highest BCUT2D eigenvalue weighted by Crippen LogP contribution is 2.32. The Balaban J connectivity index is 1.79. The van der Waals surface area contributed by atoms with Crippen molar-refractivity contribution in [2.75, 3.05) is 32.2 Å². The number of methoxy groups -OCH3 is 2. The maximum atomic E-state index is 6.42. The van der Waals surface area contributed by atoms with Crippen LogP contribution in [0, 0.1) is 0 Å². The number of ether oxygens (including phenoxy) is 2. The SMILES string of the molecule is COC1CN(c2cccc(Cl)c2CNC2CC2)CC1OC. The molecular weight excluding hydrogens is 288 g/mol. The molecule has 1 N–H and O–H groups in total. The summed E-state index contributed by atoms with van der Waals surface area (Å²) < 4.78 is 11.1. The van der Waals surface area contributed by atoms with Crippen LogP contribution < -0.4 is 10.2 Å². The topological polar surface area (TPSA) is 33.7 Å². The van der Waals surface area contributed by atoms with Crippen LogP contribution in [-0.4, -0.2) is 45.6 Å². The maximum Gasteiger partial charge on any atom is 0.102 e. The van der Waals surface area contributed by atoms with Crippen molar-refractivity contribution in [3.8, 4) is 0 Å². The van der Waals surface area contributed by atoms with E-state index in [2.05, 4.69) is 16.3 Å². The lowest BCUT2D eigenvalue weighted by atomic mass is 10.1. The van der Waals surface area contributed by atoms with E-state index in [9.17, 15) is 0 Å². The van der Waals surface area contributed by atoms with Crippen molar-refractivity contribution in [2.24, 2.45) is 0 Å². The number of nitrogens with one attached hydrogen (secondary N) is 1. The Bertz CT molecular complexity index is 481. The molecule has 116 valence electrons. The van der Waals surface area contributed by atoms with Gasteiger partial charge in [-0.15, -0.1) is 0 Å². The Morgan fingerprint density at radius 1 is 1.19 bits per heavy atom. The van der Waals surface area contributed by atoms with Crippen LogP contribution in [0.25, 0.3) is 0 Å². The minimum absolute atomic E-state index is 0.109. The Hall–Kier alpha value is -0.810. The van der Waals surface area contributed by atoms with Crippen molar-refractivity contribution in [1.82, 2.24) is 5.32 Å². The highest BCUT2D eigenvalue weighted by Gasteiger charge is 2.34. The van der Waals surface area contributed by atoms with Crippen molar-refractivity contribution >= 4 is 17.3 Å². The van der Waals surface area contributed by atoms with Gasteiger partial charge in [0, 0.05) is 56.2 Å². The Morgan fingerprint density at radius 2 is 1.86 bits per heavy atom. The van der Waals surface area contributed by atoms with Gasteiger partial charge in [-0.25, -0.2) is 0 Å². The monoisotopic (exact) mass is 310 g/mol. The van der Waals surface area contributed by atoms with Crippen LogP contribution in [-0.2, 0) is 16.0 Å². The second-order valence-corrected chi connectivity index (χ2v) is 6.25. The van der Waals surface area contributed by atoms with Crippen molar-refractivity contribution in [3.63, 3.8) is 0 Å². The molecule has 0 amide bonds. The molecule has 0 spiro atoms. The minimum atomic E-state index is 0.109. The van der Waals surface area contributed by atoms with Gasteiger partial charge in [0.25, 0.3) is 0 Å². The van der Waals surface area contributed by atoms with Crippen LogP contribution in [0.5, 0.6) is 0 Å². The first-order valence-corrected chi connectivity index (χ1v) is 7.92. The lowest BCUT2D eigenvalue weighted by Gasteiger charge is -2.23. The molecule has 1 aliphatic heterocycles. The summed E-state index contributed by atoms with van der Waals surface area (Å²) in [6, 6.07) is 6.79. The molecule has 2 aliphatic rings. The summed E-state index contributed by atoms with van der Waals surface area (Å²) in [5.74, 6) is 0. The third kappa shape index (κ3) is 3.34. The highest BCUT2D eigenvalue weighted by atomic mass is 35.5. The van der Waals surface area contributed by atoms with E-state index in [1.54, 1.807) is 14.2 Å².